The monoisotopic (exact) mass is 388 g/mol. The highest BCUT2D eigenvalue weighted by Crippen LogP contribution is 2.34. The predicted molar refractivity (Wildman–Crippen MR) is 107 cm³/mol. The molecular formula is C22H16N2O5. The van der Waals surface area contributed by atoms with E-state index in [2.05, 4.69) is 5.16 Å². The summed E-state index contributed by atoms with van der Waals surface area (Å²) in [4.78, 5) is 28.0. The number of hydrogen-bond donors (Lipinski definition) is 0. The van der Waals surface area contributed by atoms with Crippen LogP contribution in [0.4, 0.5) is 5.69 Å². The summed E-state index contributed by atoms with van der Waals surface area (Å²) in [7, 11) is 0. The van der Waals surface area contributed by atoms with Crippen molar-refractivity contribution in [3.8, 4) is 11.3 Å². The van der Waals surface area contributed by atoms with Crippen LogP contribution in [0.25, 0.3) is 17.4 Å². The number of aryl methyl sites for hydroxylation is 2. The largest absolute Gasteiger partial charge is 0.456 e. The van der Waals surface area contributed by atoms with Gasteiger partial charge in [-0.3, -0.25) is 10.1 Å². The first-order chi connectivity index (χ1) is 13.9. The first kappa shape index (κ1) is 18.4. The fraction of sp³-hybridized carbons (Fsp3) is 0.0909. The van der Waals surface area contributed by atoms with Crippen LogP contribution in [0.3, 0.4) is 0 Å². The maximum atomic E-state index is 12.1. The van der Waals surface area contributed by atoms with E-state index in [-0.39, 0.29) is 11.3 Å². The molecule has 0 spiro atoms. The maximum Gasteiger partial charge on any atom is 0.368 e. The summed E-state index contributed by atoms with van der Waals surface area (Å²) < 4.78 is 5.81. The summed E-state index contributed by atoms with van der Waals surface area (Å²) in [6, 6.07) is 15.7. The average molecular weight is 388 g/mol. The molecule has 0 aliphatic carbocycles. The van der Waals surface area contributed by atoms with Crippen molar-refractivity contribution in [3.05, 3.63) is 92.7 Å². The second-order valence-electron chi connectivity index (χ2n) is 6.66. The zero-order valence-electron chi connectivity index (χ0n) is 15.7. The maximum absolute atomic E-state index is 12.1. The quantitative estimate of drug-likeness (QED) is 0.276. The molecule has 0 unspecified atom stereocenters. The highest BCUT2D eigenvalue weighted by Gasteiger charge is 2.27. The number of nitro benzene ring substituents is 1. The van der Waals surface area contributed by atoms with Gasteiger partial charge in [-0.05, 0) is 49.2 Å². The molecule has 2 aromatic carbocycles. The molecule has 0 fully saturated rings. The van der Waals surface area contributed by atoms with Crippen molar-refractivity contribution < 1.29 is 19.0 Å². The second-order valence-corrected chi connectivity index (χ2v) is 6.66. The van der Waals surface area contributed by atoms with Crippen LogP contribution in [0, 0.1) is 24.0 Å². The molecule has 1 aliphatic rings. The highest BCUT2D eigenvalue weighted by molar-refractivity contribution is 6.31. The van der Waals surface area contributed by atoms with E-state index in [4.69, 9.17) is 9.25 Å². The Bertz CT molecular complexity index is 1190. The molecule has 0 saturated carbocycles. The Labute approximate surface area is 166 Å². The van der Waals surface area contributed by atoms with Crippen LogP contribution in [-0.4, -0.2) is 16.6 Å². The number of hydrogen-bond acceptors (Lipinski definition) is 6. The van der Waals surface area contributed by atoms with E-state index in [0.717, 1.165) is 16.7 Å². The fourth-order valence-electron chi connectivity index (χ4n) is 3.08. The normalized spacial score (nSPS) is 14.8. The van der Waals surface area contributed by atoms with Gasteiger partial charge in [0.2, 0.25) is 0 Å². The fourth-order valence-corrected chi connectivity index (χ4v) is 3.08. The smallest absolute Gasteiger partial charge is 0.368 e. The Hall–Kier alpha value is -4.00. The topological polar surface area (TPSA) is 94.9 Å². The molecule has 0 saturated heterocycles. The molecule has 0 radical (unpaired) electrons. The zero-order valence-corrected chi connectivity index (χ0v) is 15.7. The molecule has 0 N–H and O–H groups in total. The van der Waals surface area contributed by atoms with Gasteiger partial charge in [0, 0.05) is 11.6 Å². The molecule has 2 heterocycles. The molecule has 1 aromatic heterocycles. The van der Waals surface area contributed by atoms with Gasteiger partial charge in [-0.25, -0.2) is 4.79 Å². The van der Waals surface area contributed by atoms with Gasteiger partial charge in [0.15, 0.2) is 0 Å². The molecule has 29 heavy (non-hydrogen) atoms. The lowest BCUT2D eigenvalue weighted by Crippen LogP contribution is -2.06. The van der Waals surface area contributed by atoms with Crippen molar-refractivity contribution in [2.24, 2.45) is 5.16 Å². The van der Waals surface area contributed by atoms with Crippen LogP contribution in [0.1, 0.15) is 22.5 Å². The van der Waals surface area contributed by atoms with Gasteiger partial charge in [0.05, 0.1) is 16.1 Å². The van der Waals surface area contributed by atoms with Crippen LogP contribution in [0.15, 0.2) is 69.7 Å². The Morgan fingerprint density at radius 2 is 1.76 bits per heavy atom. The summed E-state index contributed by atoms with van der Waals surface area (Å²) in [5.74, 6) is 0.125. The number of benzene rings is 2. The van der Waals surface area contributed by atoms with Gasteiger partial charge in [-0.15, -0.1) is 0 Å². The molecule has 7 heteroatoms. The third kappa shape index (κ3) is 3.45. The molecule has 1 aliphatic heterocycles. The Kier molecular flexibility index (Phi) is 4.56. The van der Waals surface area contributed by atoms with Crippen LogP contribution < -0.4 is 0 Å². The van der Waals surface area contributed by atoms with E-state index in [1.807, 2.05) is 44.2 Å². The number of nitro groups is 1. The highest BCUT2D eigenvalue weighted by atomic mass is 16.7. The summed E-state index contributed by atoms with van der Waals surface area (Å²) in [5, 5.41) is 15.3. The van der Waals surface area contributed by atoms with E-state index in [1.165, 1.54) is 12.1 Å². The van der Waals surface area contributed by atoms with E-state index >= 15 is 0 Å². The van der Waals surface area contributed by atoms with Gasteiger partial charge in [0.1, 0.15) is 17.2 Å². The van der Waals surface area contributed by atoms with Gasteiger partial charge in [-0.2, -0.15) is 0 Å². The average Bonchev–Trinajstić information content (AvgIpc) is 3.32. The minimum absolute atomic E-state index is 0.0338. The van der Waals surface area contributed by atoms with Gasteiger partial charge >= 0.3 is 5.97 Å². The molecule has 3 aromatic rings. The van der Waals surface area contributed by atoms with Crippen molar-refractivity contribution >= 4 is 23.4 Å². The zero-order chi connectivity index (χ0) is 20.5. The van der Waals surface area contributed by atoms with Crippen molar-refractivity contribution in [3.63, 3.8) is 0 Å². The number of carbonyl (C=O) groups excluding carboxylic acids is 1. The molecule has 0 amide bonds. The second kappa shape index (κ2) is 7.20. The van der Waals surface area contributed by atoms with E-state index < -0.39 is 10.9 Å². The number of oxime groups is 1. The van der Waals surface area contributed by atoms with E-state index in [1.54, 1.807) is 18.2 Å². The number of furan rings is 1. The van der Waals surface area contributed by atoms with E-state index in [9.17, 15) is 14.9 Å². The van der Waals surface area contributed by atoms with Crippen LogP contribution in [-0.2, 0) is 9.63 Å². The Morgan fingerprint density at radius 3 is 2.48 bits per heavy atom. The van der Waals surface area contributed by atoms with Crippen molar-refractivity contribution in [2.75, 3.05) is 0 Å². The van der Waals surface area contributed by atoms with Crippen molar-refractivity contribution in [1.29, 1.82) is 0 Å². The molecule has 7 nitrogen and oxygen atoms in total. The Morgan fingerprint density at radius 1 is 1.03 bits per heavy atom. The van der Waals surface area contributed by atoms with Crippen molar-refractivity contribution in [2.45, 2.75) is 13.8 Å². The van der Waals surface area contributed by atoms with Gasteiger partial charge in [-0.1, -0.05) is 35.5 Å². The summed E-state index contributed by atoms with van der Waals surface area (Å²) in [6.07, 6.45) is 1.53. The summed E-state index contributed by atoms with van der Waals surface area (Å²) in [5.41, 5.74) is 3.49. The van der Waals surface area contributed by atoms with Gasteiger partial charge < -0.3 is 9.25 Å². The molecule has 144 valence electrons. The SMILES string of the molecule is Cc1cc(-c2ccc(/C=C3\C(=O)ON=C3c3ccccc3)o2)c([N+](=O)[O-])cc1C. The predicted octanol–water partition coefficient (Wildman–Crippen LogP) is 4.82. The van der Waals surface area contributed by atoms with Crippen LogP contribution >= 0.6 is 0 Å². The number of nitrogens with zero attached hydrogens (tertiary/aromatic N) is 2. The number of rotatable bonds is 4. The van der Waals surface area contributed by atoms with Crippen LogP contribution in [0.5, 0.6) is 0 Å². The lowest BCUT2D eigenvalue weighted by atomic mass is 10.0. The standard InChI is InChI=1S/C22H16N2O5/c1-13-10-17(19(24(26)27)11-14(13)2)20-9-8-16(28-20)12-18-21(23-29-22(18)25)15-6-4-3-5-7-15/h3-12H,1-2H3/b18-12-. The minimum atomic E-state index is -0.584. The lowest BCUT2D eigenvalue weighted by Gasteiger charge is -2.05. The number of carbonyl (C=O) groups is 1. The molecular weight excluding hydrogens is 372 g/mol. The first-order valence-corrected chi connectivity index (χ1v) is 8.86. The van der Waals surface area contributed by atoms with Gasteiger partial charge in [0.25, 0.3) is 5.69 Å². The summed E-state index contributed by atoms with van der Waals surface area (Å²) in [6.45, 7) is 3.70. The molecule has 4 rings (SSSR count). The van der Waals surface area contributed by atoms with Crippen LogP contribution in [0.2, 0.25) is 0 Å². The molecule has 0 atom stereocenters. The Balaban J connectivity index is 1.74. The first-order valence-electron chi connectivity index (χ1n) is 8.86. The lowest BCUT2D eigenvalue weighted by molar-refractivity contribution is -0.384. The third-order valence-electron chi connectivity index (χ3n) is 4.73. The van der Waals surface area contributed by atoms with E-state index in [0.29, 0.717) is 22.8 Å². The molecule has 0 bridgehead atoms. The summed E-state index contributed by atoms with van der Waals surface area (Å²) >= 11 is 0. The third-order valence-corrected chi connectivity index (χ3v) is 4.73. The van der Waals surface area contributed by atoms with Crippen molar-refractivity contribution in [1.82, 2.24) is 0 Å². The minimum Gasteiger partial charge on any atom is -0.456 e.